The number of ether oxygens (including phenoxy) is 1. The standard InChI is InChI=1S/C18H24N2O2/c1-2-3-4-5-6-9-14-22-17-11-8-7-10-15(17)16-12-13-18(21)20-19-16/h7-8,10-13H,2-6,9,14H2,1H3,(H,20,21). The molecule has 0 fully saturated rings. The Hall–Kier alpha value is -2.10. The minimum atomic E-state index is -0.200. The second-order valence-corrected chi connectivity index (χ2v) is 5.42. The van der Waals surface area contributed by atoms with Gasteiger partial charge in [0.05, 0.1) is 12.3 Å². The Bertz CT molecular complexity index is 602. The number of hydrogen-bond donors (Lipinski definition) is 1. The fourth-order valence-corrected chi connectivity index (χ4v) is 2.36. The molecule has 2 rings (SSSR count). The van der Waals surface area contributed by atoms with Gasteiger partial charge in [0.2, 0.25) is 0 Å². The molecule has 0 aliphatic rings. The van der Waals surface area contributed by atoms with E-state index in [4.69, 9.17) is 4.74 Å². The molecule has 2 aromatic rings. The lowest BCUT2D eigenvalue weighted by atomic mass is 10.1. The fraction of sp³-hybridized carbons (Fsp3) is 0.444. The second-order valence-electron chi connectivity index (χ2n) is 5.42. The number of benzene rings is 1. The number of aromatic amines is 1. The van der Waals surface area contributed by atoms with Crippen molar-refractivity contribution in [3.05, 3.63) is 46.8 Å². The molecule has 0 spiro atoms. The summed E-state index contributed by atoms with van der Waals surface area (Å²) in [5, 5.41) is 6.53. The van der Waals surface area contributed by atoms with Crippen LogP contribution in [0.5, 0.6) is 5.75 Å². The van der Waals surface area contributed by atoms with E-state index in [2.05, 4.69) is 17.1 Å². The van der Waals surface area contributed by atoms with Gasteiger partial charge in [-0.15, -0.1) is 0 Å². The molecular weight excluding hydrogens is 276 g/mol. The Labute approximate surface area is 131 Å². The molecule has 0 radical (unpaired) electrons. The Morgan fingerprint density at radius 3 is 2.55 bits per heavy atom. The van der Waals surface area contributed by atoms with E-state index in [-0.39, 0.29) is 5.56 Å². The zero-order valence-electron chi connectivity index (χ0n) is 13.2. The first kappa shape index (κ1) is 16.3. The van der Waals surface area contributed by atoms with Crippen LogP contribution in [0.4, 0.5) is 0 Å². The van der Waals surface area contributed by atoms with E-state index in [1.165, 1.54) is 38.2 Å². The van der Waals surface area contributed by atoms with E-state index >= 15 is 0 Å². The summed E-state index contributed by atoms with van der Waals surface area (Å²) in [6, 6.07) is 11.0. The maximum absolute atomic E-state index is 11.1. The third kappa shape index (κ3) is 5.02. The highest BCUT2D eigenvalue weighted by molar-refractivity contribution is 5.66. The van der Waals surface area contributed by atoms with Gasteiger partial charge in [0.1, 0.15) is 5.75 Å². The highest BCUT2D eigenvalue weighted by Gasteiger charge is 2.07. The summed E-state index contributed by atoms with van der Waals surface area (Å²) in [6.45, 7) is 2.94. The van der Waals surface area contributed by atoms with Crippen LogP contribution in [0.3, 0.4) is 0 Å². The van der Waals surface area contributed by atoms with Crippen LogP contribution in [0.25, 0.3) is 11.3 Å². The van der Waals surface area contributed by atoms with E-state index in [9.17, 15) is 4.79 Å². The van der Waals surface area contributed by atoms with Gasteiger partial charge in [-0.1, -0.05) is 51.2 Å². The Balaban J connectivity index is 1.89. The molecule has 0 amide bonds. The number of unbranched alkanes of at least 4 members (excludes halogenated alkanes) is 5. The first-order valence-corrected chi connectivity index (χ1v) is 8.09. The van der Waals surface area contributed by atoms with Gasteiger partial charge in [0.25, 0.3) is 5.56 Å². The van der Waals surface area contributed by atoms with Gasteiger partial charge in [0.15, 0.2) is 0 Å². The maximum Gasteiger partial charge on any atom is 0.264 e. The summed E-state index contributed by atoms with van der Waals surface area (Å²) >= 11 is 0. The summed E-state index contributed by atoms with van der Waals surface area (Å²) in [6.07, 6.45) is 7.46. The van der Waals surface area contributed by atoms with Gasteiger partial charge >= 0.3 is 0 Å². The van der Waals surface area contributed by atoms with E-state index in [0.717, 1.165) is 23.4 Å². The van der Waals surface area contributed by atoms with Crippen LogP contribution in [0, 0.1) is 0 Å². The van der Waals surface area contributed by atoms with E-state index in [0.29, 0.717) is 6.61 Å². The Kier molecular flexibility index (Phi) is 6.68. The molecule has 4 heteroatoms. The van der Waals surface area contributed by atoms with E-state index in [1.54, 1.807) is 6.07 Å². The third-order valence-corrected chi connectivity index (χ3v) is 3.60. The molecule has 0 saturated heterocycles. The van der Waals surface area contributed by atoms with Crippen LogP contribution in [0.1, 0.15) is 45.4 Å². The van der Waals surface area contributed by atoms with Crippen molar-refractivity contribution in [3.8, 4) is 17.0 Å². The van der Waals surface area contributed by atoms with E-state index < -0.39 is 0 Å². The Morgan fingerprint density at radius 1 is 1.00 bits per heavy atom. The zero-order valence-corrected chi connectivity index (χ0v) is 13.2. The lowest BCUT2D eigenvalue weighted by Gasteiger charge is -2.10. The third-order valence-electron chi connectivity index (χ3n) is 3.60. The monoisotopic (exact) mass is 300 g/mol. The minimum Gasteiger partial charge on any atom is -0.493 e. The molecule has 0 saturated carbocycles. The largest absolute Gasteiger partial charge is 0.493 e. The minimum absolute atomic E-state index is 0.200. The van der Waals surface area contributed by atoms with Crippen molar-refractivity contribution in [2.24, 2.45) is 0 Å². The van der Waals surface area contributed by atoms with Gasteiger partial charge < -0.3 is 4.74 Å². The molecule has 0 atom stereocenters. The van der Waals surface area contributed by atoms with Gasteiger partial charge in [-0.25, -0.2) is 5.10 Å². The van der Waals surface area contributed by atoms with Gasteiger partial charge in [-0.05, 0) is 24.6 Å². The molecule has 4 nitrogen and oxygen atoms in total. The number of para-hydroxylation sites is 1. The number of H-pyrrole nitrogens is 1. The highest BCUT2D eigenvalue weighted by atomic mass is 16.5. The van der Waals surface area contributed by atoms with Crippen LogP contribution in [-0.2, 0) is 0 Å². The van der Waals surface area contributed by atoms with Crippen LogP contribution >= 0.6 is 0 Å². The molecule has 118 valence electrons. The van der Waals surface area contributed by atoms with Crippen molar-refractivity contribution in [1.82, 2.24) is 10.2 Å². The van der Waals surface area contributed by atoms with Gasteiger partial charge in [0, 0.05) is 11.6 Å². The van der Waals surface area contributed by atoms with Gasteiger partial charge in [-0.3, -0.25) is 4.79 Å². The number of hydrogen-bond acceptors (Lipinski definition) is 3. The quantitative estimate of drug-likeness (QED) is 0.707. The van der Waals surface area contributed by atoms with Crippen LogP contribution in [-0.4, -0.2) is 16.8 Å². The summed E-state index contributed by atoms with van der Waals surface area (Å²) in [5.41, 5.74) is 1.43. The lowest BCUT2D eigenvalue weighted by Crippen LogP contribution is -2.06. The first-order valence-electron chi connectivity index (χ1n) is 8.09. The number of rotatable bonds is 9. The van der Waals surface area contributed by atoms with Crippen molar-refractivity contribution < 1.29 is 4.74 Å². The predicted molar refractivity (Wildman–Crippen MR) is 89.2 cm³/mol. The normalized spacial score (nSPS) is 10.6. The molecule has 1 aromatic carbocycles. The van der Waals surface area contributed by atoms with Crippen molar-refractivity contribution in [3.63, 3.8) is 0 Å². The lowest BCUT2D eigenvalue weighted by molar-refractivity contribution is 0.305. The van der Waals surface area contributed by atoms with Crippen LogP contribution in [0.15, 0.2) is 41.2 Å². The molecule has 1 N–H and O–H groups in total. The Morgan fingerprint density at radius 2 is 1.77 bits per heavy atom. The van der Waals surface area contributed by atoms with E-state index in [1.807, 2.05) is 24.3 Å². The van der Waals surface area contributed by atoms with Crippen molar-refractivity contribution in [2.75, 3.05) is 6.61 Å². The number of nitrogens with one attached hydrogen (secondary N) is 1. The van der Waals surface area contributed by atoms with Crippen molar-refractivity contribution in [1.29, 1.82) is 0 Å². The van der Waals surface area contributed by atoms with Crippen molar-refractivity contribution in [2.45, 2.75) is 45.4 Å². The smallest absolute Gasteiger partial charge is 0.264 e. The SMILES string of the molecule is CCCCCCCCOc1ccccc1-c1ccc(=O)[nH]n1. The number of aromatic nitrogens is 2. The molecule has 0 unspecified atom stereocenters. The highest BCUT2D eigenvalue weighted by Crippen LogP contribution is 2.27. The zero-order chi connectivity index (χ0) is 15.6. The predicted octanol–water partition coefficient (Wildman–Crippen LogP) is 4.18. The van der Waals surface area contributed by atoms with Gasteiger partial charge in [-0.2, -0.15) is 5.10 Å². The summed E-state index contributed by atoms with van der Waals surface area (Å²) in [7, 11) is 0. The molecule has 0 aliphatic carbocycles. The molecular formula is C18H24N2O2. The van der Waals surface area contributed by atoms with Crippen LogP contribution < -0.4 is 10.3 Å². The molecule has 22 heavy (non-hydrogen) atoms. The molecule has 1 aromatic heterocycles. The fourth-order valence-electron chi connectivity index (χ4n) is 2.36. The topological polar surface area (TPSA) is 55.0 Å². The average Bonchev–Trinajstić information content (AvgIpc) is 2.55. The second kappa shape index (κ2) is 9.03. The average molecular weight is 300 g/mol. The molecule has 1 heterocycles. The van der Waals surface area contributed by atoms with Crippen molar-refractivity contribution >= 4 is 0 Å². The molecule has 0 bridgehead atoms. The summed E-state index contributed by atoms with van der Waals surface area (Å²) in [5.74, 6) is 0.815. The summed E-state index contributed by atoms with van der Waals surface area (Å²) in [4.78, 5) is 11.1. The van der Waals surface area contributed by atoms with Crippen LogP contribution in [0.2, 0.25) is 0 Å². The molecule has 0 aliphatic heterocycles. The number of nitrogens with zero attached hydrogens (tertiary/aromatic N) is 1. The maximum atomic E-state index is 11.1. The first-order chi connectivity index (χ1) is 10.8. The summed E-state index contributed by atoms with van der Waals surface area (Å²) < 4.78 is 5.90.